The van der Waals surface area contributed by atoms with Gasteiger partial charge in [-0.2, -0.15) is 0 Å². The lowest BCUT2D eigenvalue weighted by Gasteiger charge is -2.20. The van der Waals surface area contributed by atoms with E-state index in [1.54, 1.807) is 45.3 Å². The van der Waals surface area contributed by atoms with Gasteiger partial charge in [-0.25, -0.2) is 4.79 Å². The monoisotopic (exact) mass is 323 g/mol. The van der Waals surface area contributed by atoms with Crippen molar-refractivity contribution in [1.82, 2.24) is 4.98 Å². The van der Waals surface area contributed by atoms with Crippen LogP contribution in [0.3, 0.4) is 0 Å². The molecule has 0 saturated carbocycles. The van der Waals surface area contributed by atoms with Crippen LogP contribution < -0.4 is 0 Å². The van der Waals surface area contributed by atoms with E-state index in [4.69, 9.17) is 27.9 Å². The van der Waals surface area contributed by atoms with Gasteiger partial charge in [0.05, 0.1) is 15.6 Å². The Bertz CT molecular complexity index is 641. The highest BCUT2D eigenvalue weighted by atomic mass is 35.5. The number of halogens is 2. The van der Waals surface area contributed by atoms with E-state index < -0.39 is 11.6 Å². The van der Waals surface area contributed by atoms with Gasteiger partial charge in [0.25, 0.3) is 0 Å². The molecule has 2 aromatic rings. The molecular formula is C16H15Cl2NO2. The number of carbonyl (C=O) groups is 1. The summed E-state index contributed by atoms with van der Waals surface area (Å²) in [6.07, 6.45) is 3.36. The number of aromatic nitrogens is 1. The summed E-state index contributed by atoms with van der Waals surface area (Å²) >= 11 is 12.4. The Morgan fingerprint density at radius 1 is 1.05 bits per heavy atom. The third-order valence-corrected chi connectivity index (χ3v) is 3.25. The fraction of sp³-hybridized carbons (Fsp3) is 0.250. The second-order valence-electron chi connectivity index (χ2n) is 5.55. The molecule has 1 heterocycles. The fourth-order valence-electron chi connectivity index (χ4n) is 1.81. The SMILES string of the molecule is CC(C)(C)OC(=O)c1c(Cl)cc(-c2ccncc2)cc1Cl. The lowest BCUT2D eigenvalue weighted by molar-refractivity contribution is 0.00700. The molecule has 0 aliphatic carbocycles. The smallest absolute Gasteiger partial charge is 0.341 e. The minimum absolute atomic E-state index is 0.186. The second-order valence-corrected chi connectivity index (χ2v) is 6.37. The summed E-state index contributed by atoms with van der Waals surface area (Å²) in [6.45, 7) is 5.37. The van der Waals surface area contributed by atoms with Crippen LogP contribution in [0.2, 0.25) is 10.0 Å². The van der Waals surface area contributed by atoms with Crippen LogP contribution in [0, 0.1) is 0 Å². The van der Waals surface area contributed by atoms with Crippen LogP contribution in [0.15, 0.2) is 36.7 Å². The molecule has 0 N–H and O–H groups in total. The van der Waals surface area contributed by atoms with Crippen LogP contribution in [-0.2, 0) is 4.74 Å². The first-order chi connectivity index (χ1) is 9.78. The van der Waals surface area contributed by atoms with Gasteiger partial charge in [0.15, 0.2) is 0 Å². The van der Waals surface area contributed by atoms with Crippen molar-refractivity contribution in [3.05, 3.63) is 52.3 Å². The van der Waals surface area contributed by atoms with Crippen LogP contribution in [0.4, 0.5) is 0 Å². The quantitative estimate of drug-likeness (QED) is 0.729. The number of hydrogen-bond acceptors (Lipinski definition) is 3. The predicted molar refractivity (Wildman–Crippen MR) is 84.9 cm³/mol. The zero-order valence-corrected chi connectivity index (χ0v) is 13.5. The number of ether oxygens (including phenoxy) is 1. The Hall–Kier alpha value is -1.58. The van der Waals surface area contributed by atoms with E-state index in [-0.39, 0.29) is 15.6 Å². The number of nitrogens with zero attached hydrogens (tertiary/aromatic N) is 1. The van der Waals surface area contributed by atoms with Crippen LogP contribution in [0.5, 0.6) is 0 Å². The molecule has 2 rings (SSSR count). The molecular weight excluding hydrogens is 309 g/mol. The van der Waals surface area contributed by atoms with Gasteiger partial charge < -0.3 is 4.74 Å². The summed E-state index contributed by atoms with van der Waals surface area (Å²) in [4.78, 5) is 16.1. The highest BCUT2D eigenvalue weighted by Crippen LogP contribution is 2.32. The van der Waals surface area contributed by atoms with Gasteiger partial charge in [-0.3, -0.25) is 4.98 Å². The first kappa shape index (κ1) is 15.8. The van der Waals surface area contributed by atoms with E-state index in [1.165, 1.54) is 0 Å². The largest absolute Gasteiger partial charge is 0.456 e. The molecule has 0 amide bonds. The lowest BCUT2D eigenvalue weighted by Crippen LogP contribution is -2.24. The average Bonchev–Trinajstić information content (AvgIpc) is 2.36. The van der Waals surface area contributed by atoms with Gasteiger partial charge in [-0.1, -0.05) is 23.2 Å². The van der Waals surface area contributed by atoms with Crippen LogP contribution in [0.25, 0.3) is 11.1 Å². The fourth-order valence-corrected chi connectivity index (χ4v) is 2.45. The van der Waals surface area contributed by atoms with Crippen molar-refractivity contribution in [2.45, 2.75) is 26.4 Å². The third kappa shape index (κ3) is 3.96. The number of pyridine rings is 1. The standard InChI is InChI=1S/C16H15Cl2NO2/c1-16(2,3)21-15(20)14-12(17)8-11(9-13(14)18)10-4-6-19-7-5-10/h4-9H,1-3H3. The number of hydrogen-bond donors (Lipinski definition) is 0. The van der Waals surface area contributed by atoms with Crippen molar-refractivity contribution < 1.29 is 9.53 Å². The third-order valence-electron chi connectivity index (χ3n) is 2.66. The molecule has 0 fully saturated rings. The molecule has 0 atom stereocenters. The summed E-state index contributed by atoms with van der Waals surface area (Å²) in [5, 5.41) is 0.534. The molecule has 1 aromatic heterocycles. The zero-order chi connectivity index (χ0) is 15.6. The molecule has 3 nitrogen and oxygen atoms in total. The molecule has 0 bridgehead atoms. The second kappa shape index (κ2) is 6.04. The van der Waals surface area contributed by atoms with Crippen LogP contribution in [0.1, 0.15) is 31.1 Å². The number of rotatable bonds is 2. The zero-order valence-electron chi connectivity index (χ0n) is 12.0. The van der Waals surface area contributed by atoms with Crippen LogP contribution >= 0.6 is 23.2 Å². The summed E-state index contributed by atoms with van der Waals surface area (Å²) < 4.78 is 5.31. The summed E-state index contributed by atoms with van der Waals surface area (Å²) in [6, 6.07) is 7.08. The van der Waals surface area contributed by atoms with E-state index in [1.807, 2.05) is 12.1 Å². The van der Waals surface area contributed by atoms with Gasteiger partial charge in [-0.15, -0.1) is 0 Å². The molecule has 0 aliphatic rings. The van der Waals surface area contributed by atoms with Crippen molar-refractivity contribution in [1.29, 1.82) is 0 Å². The number of benzene rings is 1. The van der Waals surface area contributed by atoms with Gasteiger partial charge >= 0.3 is 5.97 Å². The first-order valence-electron chi connectivity index (χ1n) is 6.41. The van der Waals surface area contributed by atoms with Crippen molar-refractivity contribution >= 4 is 29.2 Å². The van der Waals surface area contributed by atoms with Crippen LogP contribution in [-0.4, -0.2) is 16.6 Å². The lowest BCUT2D eigenvalue weighted by atomic mass is 10.0. The maximum absolute atomic E-state index is 12.1. The van der Waals surface area contributed by atoms with Crippen molar-refractivity contribution in [3.63, 3.8) is 0 Å². The highest BCUT2D eigenvalue weighted by molar-refractivity contribution is 6.39. The Morgan fingerprint density at radius 3 is 2.05 bits per heavy atom. The summed E-state index contributed by atoms with van der Waals surface area (Å²) in [7, 11) is 0. The normalized spacial score (nSPS) is 11.3. The topological polar surface area (TPSA) is 39.2 Å². The summed E-state index contributed by atoms with van der Waals surface area (Å²) in [5.41, 5.74) is 1.32. The van der Waals surface area contributed by atoms with E-state index in [9.17, 15) is 4.79 Å². The molecule has 0 spiro atoms. The maximum Gasteiger partial charge on any atom is 0.341 e. The van der Waals surface area contributed by atoms with Gasteiger partial charge in [-0.05, 0) is 56.2 Å². The Kier molecular flexibility index (Phi) is 4.55. The maximum atomic E-state index is 12.1. The number of carbonyl (C=O) groups excluding carboxylic acids is 1. The predicted octanol–water partition coefficient (Wildman–Crippen LogP) is 5.01. The average molecular weight is 324 g/mol. The Balaban J connectivity index is 2.41. The van der Waals surface area contributed by atoms with Crippen molar-refractivity contribution in [2.75, 3.05) is 0 Å². The Labute approximate surface area is 133 Å². The van der Waals surface area contributed by atoms with Crippen molar-refractivity contribution in [2.24, 2.45) is 0 Å². The molecule has 110 valence electrons. The van der Waals surface area contributed by atoms with E-state index >= 15 is 0 Å². The van der Waals surface area contributed by atoms with Gasteiger partial charge in [0, 0.05) is 12.4 Å². The molecule has 0 unspecified atom stereocenters. The highest BCUT2D eigenvalue weighted by Gasteiger charge is 2.23. The molecule has 1 aromatic carbocycles. The van der Waals surface area contributed by atoms with E-state index in [0.717, 1.165) is 11.1 Å². The minimum Gasteiger partial charge on any atom is -0.456 e. The number of esters is 1. The van der Waals surface area contributed by atoms with Crippen molar-refractivity contribution in [3.8, 4) is 11.1 Å². The molecule has 0 aliphatic heterocycles. The Morgan fingerprint density at radius 2 is 1.57 bits per heavy atom. The molecule has 0 radical (unpaired) electrons. The molecule has 21 heavy (non-hydrogen) atoms. The molecule has 0 saturated heterocycles. The first-order valence-corrected chi connectivity index (χ1v) is 7.16. The van der Waals surface area contributed by atoms with E-state index in [2.05, 4.69) is 4.98 Å². The summed E-state index contributed by atoms with van der Waals surface area (Å²) in [5.74, 6) is -0.529. The molecule has 5 heteroatoms. The van der Waals surface area contributed by atoms with Gasteiger partial charge in [0.2, 0.25) is 0 Å². The van der Waals surface area contributed by atoms with E-state index in [0.29, 0.717) is 0 Å². The van der Waals surface area contributed by atoms with Gasteiger partial charge in [0.1, 0.15) is 5.60 Å². The minimum atomic E-state index is -0.604.